The quantitative estimate of drug-likeness (QED) is 0.672. The maximum atomic E-state index is 12.7. The van der Waals surface area contributed by atoms with Crippen molar-refractivity contribution < 1.29 is 27.5 Å². The zero-order valence-corrected chi connectivity index (χ0v) is 13.4. The fourth-order valence-corrected chi connectivity index (χ4v) is 4.29. The standard InChI is InChI=1S/C13H17N3O6S/c1-21-9-4-7-3-8(13(15)18)16(6-12(14)17)23(19,20)11(7)5-10(9)22-2/h4-5,8H,3,6H2,1-2H3,(H2,14,17)(H2,15,18). The SMILES string of the molecule is COc1cc2c(cc1OC)S(=O)(=O)N(CC(N)=O)C(C(N)=O)C2. The molecule has 2 amide bonds. The Morgan fingerprint density at radius 1 is 1.22 bits per heavy atom. The number of rotatable bonds is 5. The van der Waals surface area contributed by atoms with Crippen LogP contribution in [0.1, 0.15) is 5.56 Å². The summed E-state index contributed by atoms with van der Waals surface area (Å²) in [7, 11) is -1.36. The lowest BCUT2D eigenvalue weighted by Crippen LogP contribution is -2.54. The Labute approximate surface area is 133 Å². The van der Waals surface area contributed by atoms with E-state index in [0.717, 1.165) is 0 Å². The van der Waals surface area contributed by atoms with Gasteiger partial charge in [-0.2, -0.15) is 4.31 Å². The molecular formula is C13H17N3O6S. The first-order valence-corrected chi connectivity index (χ1v) is 8.00. The van der Waals surface area contributed by atoms with Gasteiger partial charge < -0.3 is 20.9 Å². The summed E-state index contributed by atoms with van der Waals surface area (Å²) >= 11 is 0. The molecule has 0 aromatic heterocycles. The Hall–Kier alpha value is -2.33. The first-order chi connectivity index (χ1) is 10.7. The number of ether oxygens (including phenoxy) is 2. The van der Waals surface area contributed by atoms with Crippen molar-refractivity contribution in [2.24, 2.45) is 11.5 Å². The van der Waals surface area contributed by atoms with Crippen LogP contribution >= 0.6 is 0 Å². The fraction of sp³-hybridized carbons (Fsp3) is 0.385. The van der Waals surface area contributed by atoms with E-state index in [4.69, 9.17) is 20.9 Å². The second-order valence-electron chi connectivity index (χ2n) is 4.95. The number of methoxy groups -OCH3 is 2. The third-order valence-corrected chi connectivity index (χ3v) is 5.49. The van der Waals surface area contributed by atoms with E-state index in [1.807, 2.05) is 0 Å². The number of nitrogens with two attached hydrogens (primary N) is 2. The smallest absolute Gasteiger partial charge is 0.244 e. The molecule has 1 aromatic rings. The zero-order chi connectivity index (χ0) is 17.4. The van der Waals surface area contributed by atoms with Gasteiger partial charge in [-0.05, 0) is 18.1 Å². The maximum absolute atomic E-state index is 12.7. The fourth-order valence-electron chi connectivity index (χ4n) is 2.50. The number of carbonyl (C=O) groups is 2. The average Bonchev–Trinajstić information content (AvgIpc) is 2.48. The number of hydrogen-bond donors (Lipinski definition) is 2. The molecule has 23 heavy (non-hydrogen) atoms. The second-order valence-corrected chi connectivity index (χ2v) is 6.81. The Balaban J connectivity index is 2.66. The van der Waals surface area contributed by atoms with Crippen molar-refractivity contribution in [3.05, 3.63) is 17.7 Å². The predicted octanol–water partition coefficient (Wildman–Crippen LogP) is -1.41. The minimum absolute atomic E-state index is 0.0114. The number of nitrogens with zero attached hydrogens (tertiary/aromatic N) is 1. The minimum atomic E-state index is -4.13. The molecule has 0 spiro atoms. The molecule has 1 heterocycles. The number of amides is 2. The molecule has 1 aromatic carbocycles. The minimum Gasteiger partial charge on any atom is -0.493 e. The van der Waals surface area contributed by atoms with Crippen molar-refractivity contribution in [3.8, 4) is 11.5 Å². The number of sulfonamides is 1. The molecule has 0 fully saturated rings. The van der Waals surface area contributed by atoms with Crippen LogP contribution in [0.2, 0.25) is 0 Å². The molecular weight excluding hydrogens is 326 g/mol. The monoisotopic (exact) mass is 343 g/mol. The van der Waals surface area contributed by atoms with Gasteiger partial charge in [0.1, 0.15) is 6.04 Å². The molecule has 0 saturated heterocycles. The molecule has 9 nitrogen and oxygen atoms in total. The average molecular weight is 343 g/mol. The summed E-state index contributed by atoms with van der Waals surface area (Å²) in [5.74, 6) is -1.21. The Bertz CT molecular complexity index is 761. The normalized spacial score (nSPS) is 19.7. The zero-order valence-electron chi connectivity index (χ0n) is 12.6. The van der Waals surface area contributed by atoms with Crippen molar-refractivity contribution in [2.75, 3.05) is 20.8 Å². The molecule has 126 valence electrons. The van der Waals surface area contributed by atoms with Gasteiger partial charge in [-0.15, -0.1) is 0 Å². The van der Waals surface area contributed by atoms with Crippen LogP contribution in [0.25, 0.3) is 0 Å². The van der Waals surface area contributed by atoms with Crippen molar-refractivity contribution in [1.82, 2.24) is 4.31 Å². The largest absolute Gasteiger partial charge is 0.493 e. The summed E-state index contributed by atoms with van der Waals surface area (Å²) in [6.07, 6.45) is 0.0114. The summed E-state index contributed by atoms with van der Waals surface area (Å²) in [4.78, 5) is 22.7. The van der Waals surface area contributed by atoms with E-state index in [1.54, 1.807) is 0 Å². The van der Waals surface area contributed by atoms with E-state index in [2.05, 4.69) is 0 Å². The summed E-state index contributed by atoms with van der Waals surface area (Å²) < 4.78 is 36.4. The van der Waals surface area contributed by atoms with Crippen LogP contribution in [0.3, 0.4) is 0 Å². The van der Waals surface area contributed by atoms with E-state index < -0.39 is 34.4 Å². The van der Waals surface area contributed by atoms with Gasteiger partial charge in [-0.1, -0.05) is 0 Å². The summed E-state index contributed by atoms with van der Waals surface area (Å²) in [5.41, 5.74) is 10.7. The molecule has 0 bridgehead atoms. The van der Waals surface area contributed by atoms with Gasteiger partial charge in [0.2, 0.25) is 21.8 Å². The van der Waals surface area contributed by atoms with E-state index in [9.17, 15) is 18.0 Å². The van der Waals surface area contributed by atoms with Crippen LogP contribution < -0.4 is 20.9 Å². The van der Waals surface area contributed by atoms with Crippen LogP contribution in [-0.2, 0) is 26.0 Å². The molecule has 4 N–H and O–H groups in total. The van der Waals surface area contributed by atoms with Crippen LogP contribution in [-0.4, -0.2) is 51.3 Å². The van der Waals surface area contributed by atoms with E-state index in [-0.39, 0.29) is 17.1 Å². The van der Waals surface area contributed by atoms with Gasteiger partial charge in [-0.3, -0.25) is 9.59 Å². The third-order valence-electron chi connectivity index (χ3n) is 3.55. The Morgan fingerprint density at radius 3 is 2.26 bits per heavy atom. The van der Waals surface area contributed by atoms with Crippen LogP contribution in [0.5, 0.6) is 11.5 Å². The molecule has 1 aliphatic heterocycles. The number of fused-ring (bicyclic) bond motifs is 1. The molecule has 10 heteroatoms. The van der Waals surface area contributed by atoms with Gasteiger partial charge in [0, 0.05) is 6.07 Å². The maximum Gasteiger partial charge on any atom is 0.244 e. The van der Waals surface area contributed by atoms with Crippen molar-refractivity contribution in [2.45, 2.75) is 17.4 Å². The highest BCUT2D eigenvalue weighted by Crippen LogP contribution is 2.38. The lowest BCUT2D eigenvalue weighted by molar-refractivity contribution is -0.123. The number of benzene rings is 1. The van der Waals surface area contributed by atoms with Gasteiger partial charge in [0.25, 0.3) is 0 Å². The number of primary amides is 2. The summed E-state index contributed by atoms with van der Waals surface area (Å²) in [6, 6.07) is 1.57. The topological polar surface area (TPSA) is 142 Å². The Morgan fingerprint density at radius 2 is 1.78 bits per heavy atom. The molecule has 0 aliphatic carbocycles. The summed E-state index contributed by atoms with van der Waals surface area (Å²) in [5, 5.41) is 0. The molecule has 0 saturated carbocycles. The van der Waals surface area contributed by atoms with Crippen LogP contribution in [0, 0.1) is 0 Å². The predicted molar refractivity (Wildman–Crippen MR) is 79.3 cm³/mol. The molecule has 0 radical (unpaired) electrons. The highest BCUT2D eigenvalue weighted by molar-refractivity contribution is 7.89. The van der Waals surface area contributed by atoms with Gasteiger partial charge >= 0.3 is 0 Å². The number of carbonyl (C=O) groups excluding carboxylic acids is 2. The highest BCUT2D eigenvalue weighted by Gasteiger charge is 2.42. The Kier molecular flexibility index (Phi) is 4.48. The van der Waals surface area contributed by atoms with Gasteiger partial charge in [-0.25, -0.2) is 8.42 Å². The van der Waals surface area contributed by atoms with E-state index >= 15 is 0 Å². The van der Waals surface area contributed by atoms with Gasteiger partial charge in [0.05, 0.1) is 25.7 Å². The third kappa shape index (κ3) is 2.94. The van der Waals surface area contributed by atoms with E-state index in [1.165, 1.54) is 26.4 Å². The van der Waals surface area contributed by atoms with Crippen LogP contribution in [0.15, 0.2) is 17.0 Å². The van der Waals surface area contributed by atoms with Gasteiger partial charge in [0.15, 0.2) is 11.5 Å². The summed E-state index contributed by atoms with van der Waals surface area (Å²) in [6.45, 7) is -0.635. The molecule has 1 unspecified atom stereocenters. The van der Waals surface area contributed by atoms with Crippen molar-refractivity contribution in [3.63, 3.8) is 0 Å². The molecule has 1 aliphatic rings. The second kappa shape index (κ2) is 6.05. The van der Waals surface area contributed by atoms with Crippen molar-refractivity contribution >= 4 is 21.8 Å². The lowest BCUT2D eigenvalue weighted by atomic mass is 10.0. The van der Waals surface area contributed by atoms with E-state index in [0.29, 0.717) is 15.6 Å². The molecule has 1 atom stereocenters. The first-order valence-electron chi connectivity index (χ1n) is 6.56. The van der Waals surface area contributed by atoms with Crippen LogP contribution in [0.4, 0.5) is 0 Å². The number of hydrogen-bond acceptors (Lipinski definition) is 6. The van der Waals surface area contributed by atoms with Crippen molar-refractivity contribution in [1.29, 1.82) is 0 Å². The molecule has 2 rings (SSSR count). The first kappa shape index (κ1) is 17.0. The highest BCUT2D eigenvalue weighted by atomic mass is 32.2. The lowest BCUT2D eigenvalue weighted by Gasteiger charge is -2.33.